The van der Waals surface area contributed by atoms with Gasteiger partial charge in [-0.05, 0) is 6.42 Å². The summed E-state index contributed by atoms with van der Waals surface area (Å²) < 4.78 is 7.16. The van der Waals surface area contributed by atoms with E-state index in [2.05, 4.69) is 15.6 Å². The van der Waals surface area contributed by atoms with E-state index < -0.39 is 0 Å². The van der Waals surface area contributed by atoms with Gasteiger partial charge in [0.25, 0.3) is 0 Å². The van der Waals surface area contributed by atoms with E-state index in [4.69, 9.17) is 4.74 Å². The Hall–Kier alpha value is -1.56. The third kappa shape index (κ3) is 4.07. The topological polar surface area (TPSA) is 68.2 Å². The molecule has 0 bridgehead atoms. The monoisotopic (exact) mass is 238 g/mol. The van der Waals surface area contributed by atoms with Crippen molar-refractivity contribution in [3.8, 4) is 0 Å². The predicted molar refractivity (Wildman–Crippen MR) is 62.6 cm³/mol. The highest BCUT2D eigenvalue weighted by Crippen LogP contribution is 2.10. The fraction of sp³-hybridized carbons (Fsp3) is 0.636. The standard InChI is InChI=1S/C11H18N4O2/c16-11(14-7-10-1-6-17-8-10)13-3-5-15-4-2-12-9-15/h2,4,9-10H,1,3,5-8H2,(H2,13,14,16)/t10-/m1/s1. The first-order valence-electron chi connectivity index (χ1n) is 5.90. The van der Waals surface area contributed by atoms with Crippen LogP contribution in [-0.4, -0.2) is 41.9 Å². The number of rotatable bonds is 5. The summed E-state index contributed by atoms with van der Waals surface area (Å²) in [5.41, 5.74) is 0. The summed E-state index contributed by atoms with van der Waals surface area (Å²) in [5.74, 6) is 0.467. The first-order valence-corrected chi connectivity index (χ1v) is 5.90. The molecule has 94 valence electrons. The van der Waals surface area contributed by atoms with Gasteiger partial charge in [-0.1, -0.05) is 0 Å². The number of carbonyl (C=O) groups excluding carboxylic acids is 1. The lowest BCUT2D eigenvalue weighted by molar-refractivity contribution is 0.185. The van der Waals surface area contributed by atoms with Gasteiger partial charge in [-0.3, -0.25) is 0 Å². The molecule has 0 unspecified atom stereocenters. The molecular weight excluding hydrogens is 220 g/mol. The molecule has 6 heteroatoms. The van der Waals surface area contributed by atoms with E-state index in [0.717, 1.165) is 26.2 Å². The molecule has 6 nitrogen and oxygen atoms in total. The molecule has 0 radical (unpaired) electrons. The molecule has 1 aromatic heterocycles. The first kappa shape index (κ1) is 11.9. The molecule has 17 heavy (non-hydrogen) atoms. The van der Waals surface area contributed by atoms with Crippen molar-refractivity contribution in [2.24, 2.45) is 5.92 Å². The summed E-state index contributed by atoms with van der Waals surface area (Å²) in [7, 11) is 0. The van der Waals surface area contributed by atoms with E-state index >= 15 is 0 Å². The highest BCUT2D eigenvalue weighted by molar-refractivity contribution is 5.73. The molecule has 1 saturated heterocycles. The lowest BCUT2D eigenvalue weighted by Gasteiger charge is -2.10. The second-order valence-electron chi connectivity index (χ2n) is 4.17. The Morgan fingerprint density at radius 3 is 3.18 bits per heavy atom. The molecule has 1 fully saturated rings. The number of amides is 2. The number of hydrogen-bond donors (Lipinski definition) is 2. The highest BCUT2D eigenvalue weighted by Gasteiger charge is 2.15. The zero-order valence-corrected chi connectivity index (χ0v) is 9.76. The normalized spacial score (nSPS) is 19.2. The van der Waals surface area contributed by atoms with Gasteiger partial charge >= 0.3 is 6.03 Å². The van der Waals surface area contributed by atoms with Gasteiger partial charge in [-0.2, -0.15) is 0 Å². The minimum atomic E-state index is -0.114. The first-order chi connectivity index (χ1) is 8.34. The van der Waals surface area contributed by atoms with E-state index in [-0.39, 0.29) is 6.03 Å². The van der Waals surface area contributed by atoms with Crippen molar-refractivity contribution < 1.29 is 9.53 Å². The van der Waals surface area contributed by atoms with Crippen LogP contribution in [0.1, 0.15) is 6.42 Å². The zero-order valence-electron chi connectivity index (χ0n) is 9.76. The summed E-state index contributed by atoms with van der Waals surface area (Å²) in [4.78, 5) is 15.4. The molecule has 2 rings (SSSR count). The quantitative estimate of drug-likeness (QED) is 0.771. The minimum absolute atomic E-state index is 0.114. The van der Waals surface area contributed by atoms with Gasteiger partial charge in [0, 0.05) is 44.6 Å². The average Bonchev–Trinajstić information content (AvgIpc) is 2.99. The summed E-state index contributed by atoms with van der Waals surface area (Å²) in [6.07, 6.45) is 6.36. The van der Waals surface area contributed by atoms with Crippen LogP contribution < -0.4 is 10.6 Å². The molecule has 2 N–H and O–H groups in total. The third-order valence-corrected chi connectivity index (χ3v) is 2.79. The number of nitrogens with one attached hydrogen (secondary N) is 2. The average molecular weight is 238 g/mol. The van der Waals surface area contributed by atoms with Crippen LogP contribution in [0.3, 0.4) is 0 Å². The number of carbonyl (C=O) groups is 1. The van der Waals surface area contributed by atoms with E-state index in [0.29, 0.717) is 19.0 Å². The Labute approximate surface area is 100 Å². The number of hydrogen-bond acceptors (Lipinski definition) is 3. The summed E-state index contributed by atoms with van der Waals surface area (Å²) >= 11 is 0. The molecule has 1 aliphatic rings. The van der Waals surface area contributed by atoms with Gasteiger partial charge in [0.1, 0.15) is 0 Å². The van der Waals surface area contributed by atoms with Crippen molar-refractivity contribution in [3.05, 3.63) is 18.7 Å². The Morgan fingerprint density at radius 1 is 1.53 bits per heavy atom. The van der Waals surface area contributed by atoms with Crippen LogP contribution in [0.15, 0.2) is 18.7 Å². The largest absolute Gasteiger partial charge is 0.381 e. The van der Waals surface area contributed by atoms with Crippen molar-refractivity contribution in [2.45, 2.75) is 13.0 Å². The zero-order chi connectivity index (χ0) is 11.9. The fourth-order valence-corrected chi connectivity index (χ4v) is 1.76. The highest BCUT2D eigenvalue weighted by atomic mass is 16.5. The molecule has 1 aromatic rings. The summed E-state index contributed by atoms with van der Waals surface area (Å²) in [6.45, 7) is 3.60. The van der Waals surface area contributed by atoms with E-state index in [1.54, 1.807) is 12.5 Å². The predicted octanol–water partition coefficient (Wildman–Crippen LogP) is 0.219. The molecular formula is C11H18N4O2. The van der Waals surface area contributed by atoms with Crippen LogP contribution in [0.4, 0.5) is 4.79 Å². The van der Waals surface area contributed by atoms with Crippen molar-refractivity contribution in [1.29, 1.82) is 0 Å². The van der Waals surface area contributed by atoms with Crippen LogP contribution in [0.5, 0.6) is 0 Å². The molecule has 0 aliphatic carbocycles. The van der Waals surface area contributed by atoms with Crippen LogP contribution >= 0.6 is 0 Å². The molecule has 0 aromatic carbocycles. The fourth-order valence-electron chi connectivity index (χ4n) is 1.76. The Kier molecular flexibility index (Phi) is 4.37. The van der Waals surface area contributed by atoms with E-state index in [9.17, 15) is 4.79 Å². The van der Waals surface area contributed by atoms with Gasteiger partial charge in [0.05, 0.1) is 12.9 Å². The van der Waals surface area contributed by atoms with Crippen LogP contribution in [0.2, 0.25) is 0 Å². The molecule has 2 heterocycles. The Morgan fingerprint density at radius 2 is 2.47 bits per heavy atom. The number of aromatic nitrogens is 2. The molecule has 2 amide bonds. The number of ether oxygens (including phenoxy) is 1. The molecule has 1 atom stereocenters. The molecule has 0 saturated carbocycles. The lowest BCUT2D eigenvalue weighted by atomic mass is 10.1. The second kappa shape index (κ2) is 6.24. The maximum absolute atomic E-state index is 11.4. The van der Waals surface area contributed by atoms with Gasteiger partial charge in [0.2, 0.25) is 0 Å². The van der Waals surface area contributed by atoms with Crippen molar-refractivity contribution in [3.63, 3.8) is 0 Å². The summed E-state index contributed by atoms with van der Waals surface area (Å²) in [6, 6.07) is -0.114. The summed E-state index contributed by atoms with van der Waals surface area (Å²) in [5, 5.41) is 5.66. The van der Waals surface area contributed by atoms with Crippen molar-refractivity contribution in [1.82, 2.24) is 20.2 Å². The maximum Gasteiger partial charge on any atom is 0.314 e. The second-order valence-corrected chi connectivity index (χ2v) is 4.17. The van der Waals surface area contributed by atoms with E-state index in [1.165, 1.54) is 0 Å². The Bertz CT molecular complexity index is 333. The molecule has 0 spiro atoms. The number of nitrogens with zero attached hydrogens (tertiary/aromatic N) is 2. The smallest absolute Gasteiger partial charge is 0.314 e. The minimum Gasteiger partial charge on any atom is -0.381 e. The van der Waals surface area contributed by atoms with Gasteiger partial charge in [-0.15, -0.1) is 0 Å². The molecule has 1 aliphatic heterocycles. The Balaban J connectivity index is 1.54. The van der Waals surface area contributed by atoms with Gasteiger partial charge in [0.15, 0.2) is 0 Å². The van der Waals surface area contributed by atoms with Crippen LogP contribution in [0, 0.1) is 5.92 Å². The van der Waals surface area contributed by atoms with Crippen molar-refractivity contribution in [2.75, 3.05) is 26.3 Å². The number of urea groups is 1. The lowest BCUT2D eigenvalue weighted by Crippen LogP contribution is -2.39. The maximum atomic E-state index is 11.4. The van der Waals surface area contributed by atoms with Gasteiger partial charge < -0.3 is 19.9 Å². The van der Waals surface area contributed by atoms with E-state index in [1.807, 2.05) is 10.8 Å². The third-order valence-electron chi connectivity index (χ3n) is 2.79. The van der Waals surface area contributed by atoms with Crippen LogP contribution in [-0.2, 0) is 11.3 Å². The van der Waals surface area contributed by atoms with Gasteiger partial charge in [-0.25, -0.2) is 9.78 Å². The van der Waals surface area contributed by atoms with Crippen molar-refractivity contribution >= 4 is 6.03 Å². The van der Waals surface area contributed by atoms with Crippen LogP contribution in [0.25, 0.3) is 0 Å². The SMILES string of the molecule is O=C(NCCn1ccnc1)NC[C@H]1CCOC1. The number of imidazole rings is 1.